The molecule has 4 nitrogen and oxygen atoms in total. The number of benzene rings is 1. The Balaban J connectivity index is 2.01. The van der Waals surface area contributed by atoms with Crippen LogP contribution in [0.4, 0.5) is 0 Å². The summed E-state index contributed by atoms with van der Waals surface area (Å²) in [5.41, 5.74) is 0.735. The zero-order chi connectivity index (χ0) is 15.1. The minimum absolute atomic E-state index is 0.144. The van der Waals surface area contributed by atoms with Gasteiger partial charge in [-0.1, -0.05) is 30.3 Å². The largest absolute Gasteiger partial charge is 0.478 e. The Hall–Kier alpha value is -1.84. The fraction of sp³-hybridized carbons (Fsp3) is 0.529. The van der Waals surface area contributed by atoms with E-state index < -0.39 is 0 Å². The molecule has 0 N–H and O–H groups in total. The van der Waals surface area contributed by atoms with Crippen LogP contribution in [-0.4, -0.2) is 36.1 Å². The highest BCUT2D eigenvalue weighted by atomic mass is 16.5. The minimum Gasteiger partial charge on any atom is -0.478 e. The van der Waals surface area contributed by atoms with Crippen LogP contribution in [0.3, 0.4) is 0 Å². The van der Waals surface area contributed by atoms with Gasteiger partial charge >= 0.3 is 0 Å². The summed E-state index contributed by atoms with van der Waals surface area (Å²) in [6.45, 7) is 9.49. The molecule has 2 aliphatic heterocycles. The highest BCUT2D eigenvalue weighted by Crippen LogP contribution is 2.31. The van der Waals surface area contributed by atoms with Gasteiger partial charge in [-0.2, -0.15) is 0 Å². The van der Waals surface area contributed by atoms with Crippen molar-refractivity contribution in [3.05, 3.63) is 35.9 Å². The molecule has 4 heteroatoms. The fourth-order valence-electron chi connectivity index (χ4n) is 2.56. The van der Waals surface area contributed by atoms with E-state index in [0.717, 1.165) is 5.56 Å². The highest BCUT2D eigenvalue weighted by molar-refractivity contribution is 6.07. The van der Waals surface area contributed by atoms with Crippen LogP contribution in [0.5, 0.6) is 0 Å². The minimum atomic E-state index is -0.183. The number of nitrogens with zero attached hydrogens (tertiary/aromatic N) is 2. The Morgan fingerprint density at radius 3 is 1.71 bits per heavy atom. The van der Waals surface area contributed by atoms with Crippen LogP contribution < -0.4 is 0 Å². The summed E-state index contributed by atoms with van der Waals surface area (Å²) in [5.74, 6) is 1.28. The molecule has 0 unspecified atom stereocenters. The monoisotopic (exact) mass is 286 g/mol. The van der Waals surface area contributed by atoms with Gasteiger partial charge in [-0.25, -0.2) is 9.98 Å². The van der Waals surface area contributed by atoms with E-state index in [9.17, 15) is 0 Å². The molecular formula is C17H22N2O2. The Morgan fingerprint density at radius 1 is 0.857 bits per heavy atom. The molecule has 1 aromatic carbocycles. The standard InChI is InChI=1S/C17H22N2O2/c1-16(2)10-20-14(18-16)13(12-8-6-5-7-9-12)15-19-17(3,4)11-21-15/h5-9,13H,10-11H2,1-4H3. The van der Waals surface area contributed by atoms with E-state index in [0.29, 0.717) is 25.0 Å². The summed E-state index contributed by atoms with van der Waals surface area (Å²) in [7, 11) is 0. The summed E-state index contributed by atoms with van der Waals surface area (Å²) < 4.78 is 11.7. The van der Waals surface area contributed by atoms with E-state index in [2.05, 4.69) is 39.8 Å². The van der Waals surface area contributed by atoms with Crippen molar-refractivity contribution in [2.24, 2.45) is 9.98 Å². The number of hydrogen-bond donors (Lipinski definition) is 0. The zero-order valence-corrected chi connectivity index (χ0v) is 13.1. The van der Waals surface area contributed by atoms with Gasteiger partial charge < -0.3 is 9.47 Å². The molecule has 0 saturated heterocycles. The Bertz CT molecular complexity index is 554. The van der Waals surface area contributed by atoms with E-state index in [4.69, 9.17) is 19.5 Å². The maximum absolute atomic E-state index is 5.85. The summed E-state index contributed by atoms with van der Waals surface area (Å²) >= 11 is 0. The first-order valence-electron chi connectivity index (χ1n) is 7.36. The third-order valence-corrected chi connectivity index (χ3v) is 3.60. The van der Waals surface area contributed by atoms with E-state index >= 15 is 0 Å². The molecule has 0 spiro atoms. The van der Waals surface area contributed by atoms with Gasteiger partial charge in [0.25, 0.3) is 0 Å². The third-order valence-electron chi connectivity index (χ3n) is 3.60. The Morgan fingerprint density at radius 2 is 1.33 bits per heavy atom. The molecule has 0 amide bonds. The summed E-state index contributed by atoms with van der Waals surface area (Å²) in [4.78, 5) is 9.45. The maximum Gasteiger partial charge on any atom is 0.201 e. The molecule has 0 fully saturated rings. The van der Waals surface area contributed by atoms with Gasteiger partial charge in [0, 0.05) is 0 Å². The summed E-state index contributed by atoms with van der Waals surface area (Å²) in [5, 5.41) is 0. The molecule has 0 bridgehead atoms. The van der Waals surface area contributed by atoms with E-state index in [1.807, 2.05) is 18.2 Å². The molecule has 112 valence electrons. The molecule has 0 atom stereocenters. The Labute approximate surface area is 125 Å². The van der Waals surface area contributed by atoms with Crippen LogP contribution in [0, 0.1) is 0 Å². The SMILES string of the molecule is CC1(C)COC(C(C2=NC(C)(C)CO2)c2ccccc2)=N1. The first kappa shape index (κ1) is 14.1. The number of hydrogen-bond acceptors (Lipinski definition) is 4. The normalized spacial score (nSPS) is 22.5. The van der Waals surface area contributed by atoms with Crippen molar-refractivity contribution in [1.29, 1.82) is 0 Å². The van der Waals surface area contributed by atoms with Gasteiger partial charge in [-0.15, -0.1) is 0 Å². The smallest absolute Gasteiger partial charge is 0.201 e. The average molecular weight is 286 g/mol. The lowest BCUT2D eigenvalue weighted by molar-refractivity contribution is 0.261. The van der Waals surface area contributed by atoms with Crippen molar-refractivity contribution in [3.8, 4) is 0 Å². The second-order valence-electron chi connectivity index (χ2n) is 6.95. The molecule has 0 saturated carbocycles. The maximum atomic E-state index is 5.85. The number of rotatable bonds is 3. The van der Waals surface area contributed by atoms with Gasteiger partial charge in [-0.3, -0.25) is 0 Å². The van der Waals surface area contributed by atoms with Crippen LogP contribution in [0.15, 0.2) is 40.3 Å². The lowest BCUT2D eigenvalue weighted by Gasteiger charge is -2.16. The third kappa shape index (κ3) is 2.94. The molecule has 3 rings (SSSR count). The van der Waals surface area contributed by atoms with E-state index in [-0.39, 0.29) is 17.0 Å². The lowest BCUT2D eigenvalue weighted by Crippen LogP contribution is -2.22. The second kappa shape index (κ2) is 4.86. The van der Waals surface area contributed by atoms with Crippen LogP contribution in [0.2, 0.25) is 0 Å². The predicted molar refractivity (Wildman–Crippen MR) is 84.1 cm³/mol. The molecule has 0 aromatic heterocycles. The average Bonchev–Trinajstić information content (AvgIpc) is 2.94. The molecule has 21 heavy (non-hydrogen) atoms. The zero-order valence-electron chi connectivity index (χ0n) is 13.1. The van der Waals surface area contributed by atoms with Gasteiger partial charge in [-0.05, 0) is 33.3 Å². The second-order valence-corrected chi connectivity index (χ2v) is 6.95. The topological polar surface area (TPSA) is 43.2 Å². The molecule has 1 aromatic rings. The first-order valence-corrected chi connectivity index (χ1v) is 7.36. The van der Waals surface area contributed by atoms with Crippen molar-refractivity contribution >= 4 is 11.8 Å². The van der Waals surface area contributed by atoms with Gasteiger partial charge in [0.2, 0.25) is 11.8 Å². The van der Waals surface area contributed by atoms with Crippen molar-refractivity contribution in [3.63, 3.8) is 0 Å². The van der Waals surface area contributed by atoms with Gasteiger partial charge in [0.05, 0.1) is 11.1 Å². The molecule has 0 aliphatic carbocycles. The van der Waals surface area contributed by atoms with Crippen LogP contribution in [0.25, 0.3) is 0 Å². The molecule has 0 radical (unpaired) electrons. The summed E-state index contributed by atoms with van der Waals surface area (Å²) in [6.07, 6.45) is 0. The molecule has 2 heterocycles. The lowest BCUT2D eigenvalue weighted by atomic mass is 9.98. The first-order chi connectivity index (χ1) is 9.86. The van der Waals surface area contributed by atoms with Crippen molar-refractivity contribution in [1.82, 2.24) is 0 Å². The van der Waals surface area contributed by atoms with E-state index in [1.54, 1.807) is 0 Å². The van der Waals surface area contributed by atoms with Crippen molar-refractivity contribution in [2.45, 2.75) is 44.7 Å². The molecular weight excluding hydrogens is 264 g/mol. The highest BCUT2D eigenvalue weighted by Gasteiger charge is 2.39. The van der Waals surface area contributed by atoms with Crippen molar-refractivity contribution < 1.29 is 9.47 Å². The number of ether oxygens (including phenoxy) is 2. The Kier molecular flexibility index (Phi) is 3.27. The quantitative estimate of drug-likeness (QED) is 0.856. The van der Waals surface area contributed by atoms with Gasteiger partial charge in [0.15, 0.2) is 0 Å². The van der Waals surface area contributed by atoms with Crippen molar-refractivity contribution in [2.75, 3.05) is 13.2 Å². The van der Waals surface area contributed by atoms with Gasteiger partial charge in [0.1, 0.15) is 19.1 Å². The number of aliphatic imine (C=N–C) groups is 2. The van der Waals surface area contributed by atoms with Crippen LogP contribution >= 0.6 is 0 Å². The van der Waals surface area contributed by atoms with E-state index in [1.165, 1.54) is 0 Å². The summed E-state index contributed by atoms with van der Waals surface area (Å²) in [6, 6.07) is 10.2. The molecule has 2 aliphatic rings. The predicted octanol–water partition coefficient (Wildman–Crippen LogP) is 3.18. The van der Waals surface area contributed by atoms with Crippen LogP contribution in [0.1, 0.15) is 39.2 Å². The van der Waals surface area contributed by atoms with Crippen LogP contribution in [-0.2, 0) is 9.47 Å². The fourth-order valence-corrected chi connectivity index (χ4v) is 2.56.